The molecule has 6 nitrogen and oxygen atoms in total. The standard InChI is InChI=1S/C13H17NO5/c1-3-14(10-7-18-6-9(10)13(16)17)12(15)11-8(2)4-5-19-11/h4-5,9-10H,3,6-7H2,1-2H3,(H,16,17). The van der Waals surface area contributed by atoms with E-state index in [0.717, 1.165) is 5.56 Å². The van der Waals surface area contributed by atoms with Gasteiger partial charge in [0.2, 0.25) is 0 Å². The lowest BCUT2D eigenvalue weighted by molar-refractivity contribution is -0.142. The predicted molar refractivity (Wildman–Crippen MR) is 65.9 cm³/mol. The molecule has 104 valence electrons. The van der Waals surface area contributed by atoms with Gasteiger partial charge in [-0.3, -0.25) is 9.59 Å². The number of hydrogen-bond acceptors (Lipinski definition) is 4. The van der Waals surface area contributed by atoms with Gasteiger partial charge in [0.25, 0.3) is 5.91 Å². The second-order valence-corrected chi connectivity index (χ2v) is 4.57. The zero-order chi connectivity index (χ0) is 14.0. The molecular formula is C13H17NO5. The second-order valence-electron chi connectivity index (χ2n) is 4.57. The molecule has 6 heteroatoms. The van der Waals surface area contributed by atoms with E-state index in [1.165, 1.54) is 11.2 Å². The molecular weight excluding hydrogens is 250 g/mol. The van der Waals surface area contributed by atoms with Crippen LogP contribution in [0.25, 0.3) is 0 Å². The highest BCUT2D eigenvalue weighted by molar-refractivity contribution is 5.93. The van der Waals surface area contributed by atoms with Crippen molar-refractivity contribution in [2.24, 2.45) is 5.92 Å². The third-order valence-corrected chi connectivity index (χ3v) is 3.43. The summed E-state index contributed by atoms with van der Waals surface area (Å²) in [5.74, 6) is -1.64. The van der Waals surface area contributed by atoms with E-state index in [1.807, 2.05) is 6.92 Å². The van der Waals surface area contributed by atoms with Crippen LogP contribution in [0, 0.1) is 12.8 Å². The van der Waals surface area contributed by atoms with E-state index in [1.54, 1.807) is 13.0 Å². The molecule has 1 N–H and O–H groups in total. The Kier molecular flexibility index (Phi) is 3.90. The first-order valence-corrected chi connectivity index (χ1v) is 6.21. The van der Waals surface area contributed by atoms with Gasteiger partial charge in [0, 0.05) is 12.1 Å². The molecule has 0 bridgehead atoms. The average molecular weight is 267 g/mol. The molecule has 2 atom stereocenters. The molecule has 0 saturated carbocycles. The molecule has 19 heavy (non-hydrogen) atoms. The Labute approximate surface area is 110 Å². The molecule has 2 unspecified atom stereocenters. The first-order chi connectivity index (χ1) is 9.06. The number of furan rings is 1. The minimum atomic E-state index is -0.940. The van der Waals surface area contributed by atoms with Crippen LogP contribution in [-0.2, 0) is 9.53 Å². The lowest BCUT2D eigenvalue weighted by Crippen LogP contribution is -2.46. The van der Waals surface area contributed by atoms with Crippen LogP contribution < -0.4 is 0 Å². The normalized spacial score (nSPS) is 22.4. The van der Waals surface area contributed by atoms with Crippen LogP contribution in [0.1, 0.15) is 23.0 Å². The van der Waals surface area contributed by atoms with Crippen LogP contribution in [0.15, 0.2) is 16.7 Å². The smallest absolute Gasteiger partial charge is 0.311 e. The van der Waals surface area contributed by atoms with Crippen LogP contribution in [-0.4, -0.2) is 47.7 Å². The van der Waals surface area contributed by atoms with Crippen molar-refractivity contribution >= 4 is 11.9 Å². The fourth-order valence-electron chi connectivity index (χ4n) is 2.34. The predicted octanol–water partition coefficient (Wildman–Crippen LogP) is 1.15. The molecule has 1 aromatic heterocycles. The Morgan fingerprint density at radius 3 is 2.74 bits per heavy atom. The van der Waals surface area contributed by atoms with E-state index in [9.17, 15) is 9.59 Å². The Morgan fingerprint density at radius 2 is 2.21 bits per heavy atom. The summed E-state index contributed by atoms with van der Waals surface area (Å²) in [6.45, 7) is 4.39. The summed E-state index contributed by atoms with van der Waals surface area (Å²) in [6, 6.07) is 1.26. The molecule has 1 aromatic rings. The number of carboxylic acid groups (broad SMARTS) is 1. The molecule has 1 fully saturated rings. The number of aliphatic carboxylic acids is 1. The van der Waals surface area contributed by atoms with Crippen molar-refractivity contribution in [3.63, 3.8) is 0 Å². The molecule has 1 aliphatic rings. The highest BCUT2D eigenvalue weighted by Crippen LogP contribution is 2.23. The number of carboxylic acids is 1. The van der Waals surface area contributed by atoms with Gasteiger partial charge in [-0.25, -0.2) is 0 Å². The third kappa shape index (κ3) is 2.49. The number of rotatable bonds is 4. The zero-order valence-electron chi connectivity index (χ0n) is 11.0. The van der Waals surface area contributed by atoms with Crippen molar-refractivity contribution in [3.05, 3.63) is 23.7 Å². The number of aryl methyl sites for hydroxylation is 1. The maximum Gasteiger partial charge on any atom is 0.311 e. The van der Waals surface area contributed by atoms with Crippen molar-refractivity contribution in [1.29, 1.82) is 0 Å². The summed E-state index contributed by atoms with van der Waals surface area (Å²) < 4.78 is 10.4. The molecule has 0 spiro atoms. The molecule has 1 aliphatic heterocycles. The van der Waals surface area contributed by atoms with Gasteiger partial charge in [-0.15, -0.1) is 0 Å². The minimum absolute atomic E-state index is 0.140. The Balaban J connectivity index is 2.23. The molecule has 1 saturated heterocycles. The first-order valence-electron chi connectivity index (χ1n) is 6.21. The van der Waals surface area contributed by atoms with Gasteiger partial charge in [0.1, 0.15) is 5.92 Å². The largest absolute Gasteiger partial charge is 0.481 e. The first kappa shape index (κ1) is 13.6. The number of amides is 1. The summed E-state index contributed by atoms with van der Waals surface area (Å²) in [5.41, 5.74) is 0.745. The quantitative estimate of drug-likeness (QED) is 0.885. The van der Waals surface area contributed by atoms with Gasteiger partial charge in [-0.05, 0) is 19.9 Å². The monoisotopic (exact) mass is 267 g/mol. The van der Waals surface area contributed by atoms with E-state index in [2.05, 4.69) is 0 Å². The van der Waals surface area contributed by atoms with Crippen molar-refractivity contribution in [3.8, 4) is 0 Å². The van der Waals surface area contributed by atoms with E-state index >= 15 is 0 Å². The van der Waals surface area contributed by atoms with Crippen molar-refractivity contribution < 1.29 is 23.8 Å². The third-order valence-electron chi connectivity index (χ3n) is 3.43. The topological polar surface area (TPSA) is 80.0 Å². The van der Waals surface area contributed by atoms with Gasteiger partial charge >= 0.3 is 5.97 Å². The number of carbonyl (C=O) groups is 2. The molecule has 2 rings (SSSR count). The van der Waals surface area contributed by atoms with Gasteiger partial charge in [0.05, 0.1) is 25.5 Å². The fraction of sp³-hybridized carbons (Fsp3) is 0.538. The van der Waals surface area contributed by atoms with Crippen LogP contribution in [0.2, 0.25) is 0 Å². The van der Waals surface area contributed by atoms with Crippen molar-refractivity contribution in [2.45, 2.75) is 19.9 Å². The molecule has 0 aliphatic carbocycles. The summed E-state index contributed by atoms with van der Waals surface area (Å²) in [4.78, 5) is 25.1. The zero-order valence-corrected chi connectivity index (χ0v) is 11.0. The maximum absolute atomic E-state index is 12.4. The number of ether oxygens (including phenoxy) is 1. The second kappa shape index (κ2) is 5.44. The van der Waals surface area contributed by atoms with Crippen LogP contribution in [0.4, 0.5) is 0 Å². The summed E-state index contributed by atoms with van der Waals surface area (Å²) in [5, 5.41) is 9.15. The summed E-state index contributed by atoms with van der Waals surface area (Å²) >= 11 is 0. The molecule has 1 amide bonds. The Hall–Kier alpha value is -1.82. The van der Waals surface area contributed by atoms with Gasteiger partial charge < -0.3 is 19.2 Å². The SMILES string of the molecule is CCN(C(=O)c1occc1C)C1COCC1C(=O)O. The van der Waals surface area contributed by atoms with E-state index in [0.29, 0.717) is 6.54 Å². The molecule has 2 heterocycles. The highest BCUT2D eigenvalue weighted by atomic mass is 16.5. The Bertz CT molecular complexity index is 481. The maximum atomic E-state index is 12.4. The van der Waals surface area contributed by atoms with E-state index in [4.69, 9.17) is 14.3 Å². The van der Waals surface area contributed by atoms with Crippen LogP contribution in [0.5, 0.6) is 0 Å². The number of likely N-dealkylation sites (N-methyl/N-ethyl adjacent to an activating group) is 1. The summed E-state index contributed by atoms with van der Waals surface area (Å²) in [7, 11) is 0. The van der Waals surface area contributed by atoms with Gasteiger partial charge in [-0.2, -0.15) is 0 Å². The van der Waals surface area contributed by atoms with E-state index < -0.39 is 17.9 Å². The molecule has 0 aromatic carbocycles. The Morgan fingerprint density at radius 1 is 1.47 bits per heavy atom. The highest BCUT2D eigenvalue weighted by Gasteiger charge is 2.40. The minimum Gasteiger partial charge on any atom is -0.481 e. The molecule has 0 radical (unpaired) electrons. The summed E-state index contributed by atoms with van der Waals surface area (Å²) in [6.07, 6.45) is 1.45. The lowest BCUT2D eigenvalue weighted by Gasteiger charge is -2.28. The van der Waals surface area contributed by atoms with Crippen LogP contribution in [0.3, 0.4) is 0 Å². The van der Waals surface area contributed by atoms with Gasteiger partial charge in [-0.1, -0.05) is 0 Å². The number of hydrogen-bond donors (Lipinski definition) is 1. The van der Waals surface area contributed by atoms with E-state index in [-0.39, 0.29) is 24.9 Å². The fourth-order valence-corrected chi connectivity index (χ4v) is 2.34. The van der Waals surface area contributed by atoms with Crippen LogP contribution >= 0.6 is 0 Å². The average Bonchev–Trinajstić information content (AvgIpc) is 2.98. The van der Waals surface area contributed by atoms with Crippen molar-refractivity contribution in [1.82, 2.24) is 4.90 Å². The lowest BCUT2D eigenvalue weighted by atomic mass is 10.0. The van der Waals surface area contributed by atoms with Crippen molar-refractivity contribution in [2.75, 3.05) is 19.8 Å². The number of carbonyl (C=O) groups excluding carboxylic acids is 1. The number of nitrogens with zero attached hydrogens (tertiary/aromatic N) is 1. The van der Waals surface area contributed by atoms with Gasteiger partial charge in [0.15, 0.2) is 5.76 Å².